The van der Waals surface area contributed by atoms with Gasteiger partial charge >= 0.3 is 0 Å². The number of nitrogens with two attached hydrogens (primary N) is 1. The SMILES string of the molecule is CCc1nc(N)sc1C(=O)N/N=C\c1cccc(C)c1. The number of hydrazone groups is 1. The predicted octanol–water partition coefficient (Wildman–Crippen LogP) is 2.36. The van der Waals surface area contributed by atoms with Gasteiger partial charge in [-0.05, 0) is 18.9 Å². The number of nitrogens with one attached hydrogen (secondary N) is 1. The van der Waals surface area contributed by atoms with Gasteiger partial charge in [0, 0.05) is 0 Å². The van der Waals surface area contributed by atoms with Crippen molar-refractivity contribution in [1.82, 2.24) is 10.4 Å². The van der Waals surface area contributed by atoms with Crippen LogP contribution < -0.4 is 11.2 Å². The van der Waals surface area contributed by atoms with Crippen LogP contribution in [0.2, 0.25) is 0 Å². The molecule has 3 N–H and O–H groups in total. The highest BCUT2D eigenvalue weighted by Gasteiger charge is 2.15. The molecule has 1 aromatic carbocycles. The van der Waals surface area contributed by atoms with E-state index in [4.69, 9.17) is 5.73 Å². The summed E-state index contributed by atoms with van der Waals surface area (Å²) in [4.78, 5) is 16.6. The van der Waals surface area contributed by atoms with Crippen molar-refractivity contribution in [2.75, 3.05) is 5.73 Å². The van der Waals surface area contributed by atoms with Crippen molar-refractivity contribution < 1.29 is 4.79 Å². The molecular weight excluding hydrogens is 272 g/mol. The standard InChI is InChI=1S/C14H16N4OS/c1-3-11-12(20-14(15)17-11)13(19)18-16-8-10-6-4-5-9(2)7-10/h4-8H,3H2,1-2H3,(H2,15,17)(H,18,19)/b16-8-. The number of rotatable bonds is 4. The van der Waals surface area contributed by atoms with E-state index in [0.29, 0.717) is 22.1 Å². The minimum Gasteiger partial charge on any atom is -0.375 e. The number of nitrogen functional groups attached to an aromatic ring is 1. The zero-order chi connectivity index (χ0) is 14.5. The molecule has 0 radical (unpaired) electrons. The number of amides is 1. The van der Waals surface area contributed by atoms with Crippen LogP contribution in [0.5, 0.6) is 0 Å². The molecule has 2 rings (SSSR count). The number of aromatic nitrogens is 1. The van der Waals surface area contributed by atoms with Gasteiger partial charge in [-0.25, -0.2) is 10.4 Å². The highest BCUT2D eigenvalue weighted by Crippen LogP contribution is 2.20. The topological polar surface area (TPSA) is 80.4 Å². The molecule has 0 saturated heterocycles. The third-order valence-corrected chi connectivity index (χ3v) is 3.60. The maximum atomic E-state index is 12.0. The fourth-order valence-electron chi connectivity index (χ4n) is 1.75. The van der Waals surface area contributed by atoms with E-state index in [1.165, 1.54) is 11.3 Å². The summed E-state index contributed by atoms with van der Waals surface area (Å²) in [5.41, 5.74) is 10.9. The monoisotopic (exact) mass is 288 g/mol. The van der Waals surface area contributed by atoms with E-state index < -0.39 is 0 Å². The van der Waals surface area contributed by atoms with E-state index in [-0.39, 0.29) is 5.91 Å². The predicted molar refractivity (Wildman–Crippen MR) is 82.1 cm³/mol. The van der Waals surface area contributed by atoms with Gasteiger partial charge in [-0.3, -0.25) is 4.79 Å². The molecule has 0 fully saturated rings. The van der Waals surface area contributed by atoms with Crippen molar-refractivity contribution in [2.24, 2.45) is 5.10 Å². The number of anilines is 1. The van der Waals surface area contributed by atoms with Crippen molar-refractivity contribution >= 4 is 28.6 Å². The van der Waals surface area contributed by atoms with Crippen LogP contribution >= 0.6 is 11.3 Å². The van der Waals surface area contributed by atoms with E-state index in [1.54, 1.807) is 6.21 Å². The summed E-state index contributed by atoms with van der Waals surface area (Å²) < 4.78 is 0. The maximum absolute atomic E-state index is 12.0. The van der Waals surface area contributed by atoms with Crippen LogP contribution in [0.15, 0.2) is 29.4 Å². The summed E-state index contributed by atoms with van der Waals surface area (Å²) in [7, 11) is 0. The molecule has 0 saturated carbocycles. The minimum atomic E-state index is -0.278. The van der Waals surface area contributed by atoms with E-state index in [2.05, 4.69) is 15.5 Å². The first-order valence-corrected chi connectivity index (χ1v) is 7.07. The Labute approximate surface area is 121 Å². The number of thiazole rings is 1. The lowest BCUT2D eigenvalue weighted by atomic mass is 10.2. The smallest absolute Gasteiger partial charge is 0.283 e. The van der Waals surface area contributed by atoms with Crippen molar-refractivity contribution in [2.45, 2.75) is 20.3 Å². The van der Waals surface area contributed by atoms with Crippen molar-refractivity contribution in [1.29, 1.82) is 0 Å². The van der Waals surface area contributed by atoms with E-state index in [1.807, 2.05) is 38.1 Å². The summed E-state index contributed by atoms with van der Waals surface area (Å²) in [5, 5.41) is 4.36. The zero-order valence-electron chi connectivity index (χ0n) is 11.4. The average Bonchev–Trinajstić information content (AvgIpc) is 2.80. The molecule has 0 aliphatic carbocycles. The Kier molecular flexibility index (Phi) is 4.47. The molecule has 0 aliphatic heterocycles. The summed E-state index contributed by atoms with van der Waals surface area (Å²) in [5.74, 6) is -0.278. The molecule has 0 aliphatic rings. The molecule has 5 nitrogen and oxygen atoms in total. The lowest BCUT2D eigenvalue weighted by Gasteiger charge is -1.99. The molecule has 6 heteroatoms. The highest BCUT2D eigenvalue weighted by atomic mass is 32.1. The van der Waals surface area contributed by atoms with Crippen LogP contribution in [0, 0.1) is 6.92 Å². The Bertz CT molecular complexity index is 648. The summed E-state index contributed by atoms with van der Waals surface area (Å²) in [6.07, 6.45) is 2.28. The highest BCUT2D eigenvalue weighted by molar-refractivity contribution is 7.17. The van der Waals surface area contributed by atoms with Gasteiger partial charge in [-0.1, -0.05) is 48.1 Å². The van der Waals surface area contributed by atoms with Crippen LogP contribution in [0.4, 0.5) is 5.13 Å². The third-order valence-electron chi connectivity index (χ3n) is 2.68. The number of aryl methyl sites for hydroxylation is 2. The zero-order valence-corrected chi connectivity index (χ0v) is 12.2. The van der Waals surface area contributed by atoms with Gasteiger partial charge in [0.2, 0.25) is 0 Å². The van der Waals surface area contributed by atoms with Crippen LogP contribution in [-0.4, -0.2) is 17.1 Å². The molecule has 0 unspecified atom stereocenters. The molecule has 0 spiro atoms. The lowest BCUT2D eigenvalue weighted by molar-refractivity contribution is 0.0958. The Morgan fingerprint density at radius 1 is 1.55 bits per heavy atom. The number of benzene rings is 1. The van der Waals surface area contributed by atoms with Gasteiger partial charge in [0.15, 0.2) is 5.13 Å². The summed E-state index contributed by atoms with van der Waals surface area (Å²) >= 11 is 1.18. The number of hydrogen-bond donors (Lipinski definition) is 2. The van der Waals surface area contributed by atoms with Gasteiger partial charge < -0.3 is 5.73 Å². The second-order valence-electron chi connectivity index (χ2n) is 4.29. The van der Waals surface area contributed by atoms with E-state index in [9.17, 15) is 4.79 Å². The van der Waals surface area contributed by atoms with Crippen molar-refractivity contribution in [3.8, 4) is 0 Å². The summed E-state index contributed by atoms with van der Waals surface area (Å²) in [6, 6.07) is 7.85. The fourth-order valence-corrected chi connectivity index (χ4v) is 2.56. The molecule has 1 heterocycles. The molecule has 1 amide bonds. The maximum Gasteiger partial charge on any atom is 0.283 e. The van der Waals surface area contributed by atoms with Crippen LogP contribution in [0.3, 0.4) is 0 Å². The van der Waals surface area contributed by atoms with Gasteiger partial charge in [0.1, 0.15) is 4.88 Å². The molecular formula is C14H16N4OS. The Hall–Kier alpha value is -2.21. The molecule has 0 atom stereocenters. The minimum absolute atomic E-state index is 0.278. The van der Waals surface area contributed by atoms with E-state index >= 15 is 0 Å². The fraction of sp³-hybridized carbons (Fsp3) is 0.214. The first-order valence-electron chi connectivity index (χ1n) is 6.25. The van der Waals surface area contributed by atoms with Crippen LogP contribution in [-0.2, 0) is 6.42 Å². The Balaban J connectivity index is 2.05. The summed E-state index contributed by atoms with van der Waals surface area (Å²) in [6.45, 7) is 3.94. The Morgan fingerprint density at radius 3 is 3.05 bits per heavy atom. The van der Waals surface area contributed by atoms with Gasteiger partial charge in [0.25, 0.3) is 5.91 Å². The number of carbonyl (C=O) groups is 1. The second-order valence-corrected chi connectivity index (χ2v) is 5.33. The Morgan fingerprint density at radius 2 is 2.35 bits per heavy atom. The van der Waals surface area contributed by atoms with Crippen LogP contribution in [0.1, 0.15) is 33.4 Å². The normalized spacial score (nSPS) is 10.9. The molecule has 104 valence electrons. The van der Waals surface area contributed by atoms with Crippen molar-refractivity contribution in [3.05, 3.63) is 46.0 Å². The first-order chi connectivity index (χ1) is 9.60. The van der Waals surface area contributed by atoms with E-state index in [0.717, 1.165) is 11.1 Å². The molecule has 1 aromatic heterocycles. The quantitative estimate of drug-likeness (QED) is 0.669. The van der Waals surface area contributed by atoms with Gasteiger partial charge in [-0.15, -0.1) is 0 Å². The molecule has 2 aromatic rings. The lowest BCUT2D eigenvalue weighted by Crippen LogP contribution is -2.17. The van der Waals surface area contributed by atoms with Gasteiger partial charge in [0.05, 0.1) is 11.9 Å². The number of nitrogens with zero attached hydrogens (tertiary/aromatic N) is 2. The second kappa shape index (κ2) is 6.29. The largest absolute Gasteiger partial charge is 0.375 e. The molecule has 0 bridgehead atoms. The third kappa shape index (κ3) is 3.42. The number of carbonyl (C=O) groups excluding carboxylic acids is 1. The van der Waals surface area contributed by atoms with Crippen molar-refractivity contribution in [3.63, 3.8) is 0 Å². The molecule has 20 heavy (non-hydrogen) atoms. The number of hydrogen-bond acceptors (Lipinski definition) is 5. The first kappa shape index (κ1) is 14.2. The van der Waals surface area contributed by atoms with Gasteiger partial charge in [-0.2, -0.15) is 5.10 Å². The van der Waals surface area contributed by atoms with Crippen LogP contribution in [0.25, 0.3) is 0 Å². The average molecular weight is 288 g/mol.